The molecule has 1 fully saturated rings. The second-order valence-electron chi connectivity index (χ2n) is 9.29. The highest BCUT2D eigenvalue weighted by Gasteiger charge is 2.57. The SMILES string of the molecule is NS(=O)(=O)c1ccc(NC(=O)Cn2c3c(sc2=O)[C@H](c2cccs2)C2C(=O)N(c4ccc(Cl)cc4)C(=O)C2S3)cc1. The van der Waals surface area contributed by atoms with Crippen molar-refractivity contribution < 1.29 is 22.8 Å². The summed E-state index contributed by atoms with van der Waals surface area (Å²) >= 11 is 9.53. The molecular weight excluding hydrogens is 628 g/mol. The molecule has 0 bridgehead atoms. The van der Waals surface area contributed by atoms with Gasteiger partial charge in [-0.15, -0.1) is 11.3 Å². The minimum Gasteiger partial charge on any atom is -0.325 e. The molecule has 3 atom stereocenters. The molecule has 0 aliphatic carbocycles. The molecule has 0 radical (unpaired) electrons. The summed E-state index contributed by atoms with van der Waals surface area (Å²) in [6.07, 6.45) is 0. The summed E-state index contributed by atoms with van der Waals surface area (Å²) < 4.78 is 24.3. The van der Waals surface area contributed by atoms with E-state index in [1.165, 1.54) is 45.1 Å². The molecule has 2 aromatic carbocycles. The van der Waals surface area contributed by atoms with E-state index in [9.17, 15) is 27.6 Å². The maximum atomic E-state index is 13.8. The van der Waals surface area contributed by atoms with E-state index >= 15 is 0 Å². The van der Waals surface area contributed by atoms with Gasteiger partial charge in [-0.3, -0.25) is 23.7 Å². The number of nitrogens with zero attached hydrogens (tertiary/aromatic N) is 2. The molecule has 2 unspecified atom stereocenters. The first-order valence-electron chi connectivity index (χ1n) is 12.0. The van der Waals surface area contributed by atoms with Gasteiger partial charge in [0.25, 0.3) is 0 Å². The van der Waals surface area contributed by atoms with Gasteiger partial charge in [0.15, 0.2) is 0 Å². The van der Waals surface area contributed by atoms with Crippen molar-refractivity contribution in [2.75, 3.05) is 10.2 Å². The Bertz CT molecular complexity index is 1850. The zero-order valence-electron chi connectivity index (χ0n) is 20.7. The van der Waals surface area contributed by atoms with Crippen molar-refractivity contribution >= 4 is 85.2 Å². The van der Waals surface area contributed by atoms with Crippen molar-refractivity contribution in [1.29, 1.82) is 0 Å². The number of sulfonamides is 1. The molecular formula is C26H19ClN4O6S4. The van der Waals surface area contributed by atoms with Crippen LogP contribution in [-0.4, -0.2) is 36.0 Å². The number of halogens is 1. The van der Waals surface area contributed by atoms with Gasteiger partial charge in [-0.2, -0.15) is 0 Å². The van der Waals surface area contributed by atoms with Gasteiger partial charge in [0.05, 0.1) is 21.5 Å². The lowest BCUT2D eigenvalue weighted by Gasteiger charge is -2.29. The summed E-state index contributed by atoms with van der Waals surface area (Å²) in [4.78, 5) is 55.8. The first-order chi connectivity index (χ1) is 19.5. The minimum absolute atomic E-state index is 0.104. The van der Waals surface area contributed by atoms with E-state index in [2.05, 4.69) is 5.32 Å². The Labute approximate surface area is 250 Å². The van der Waals surface area contributed by atoms with Crippen LogP contribution in [0.25, 0.3) is 0 Å². The Morgan fingerprint density at radius 3 is 2.34 bits per heavy atom. The van der Waals surface area contributed by atoms with Crippen LogP contribution in [0.3, 0.4) is 0 Å². The fraction of sp³-hybridized carbons (Fsp3) is 0.154. The molecule has 0 saturated carbocycles. The number of rotatable bonds is 6. The Kier molecular flexibility index (Phi) is 7.16. The van der Waals surface area contributed by atoms with Crippen LogP contribution in [-0.2, 0) is 31.0 Å². The van der Waals surface area contributed by atoms with Crippen LogP contribution in [0.4, 0.5) is 11.4 Å². The first kappa shape index (κ1) is 27.9. The van der Waals surface area contributed by atoms with E-state index < -0.39 is 43.8 Å². The maximum absolute atomic E-state index is 13.8. The van der Waals surface area contributed by atoms with Crippen LogP contribution in [0.5, 0.6) is 0 Å². The highest BCUT2D eigenvalue weighted by molar-refractivity contribution is 8.00. The van der Waals surface area contributed by atoms with Crippen LogP contribution in [0, 0.1) is 5.92 Å². The number of thiophene rings is 1. The zero-order chi connectivity index (χ0) is 29.1. The molecule has 210 valence electrons. The Hall–Kier alpha value is -3.27. The predicted octanol–water partition coefficient (Wildman–Crippen LogP) is 3.71. The smallest absolute Gasteiger partial charge is 0.308 e. The number of imide groups is 1. The van der Waals surface area contributed by atoms with Gasteiger partial charge in [-0.25, -0.2) is 18.5 Å². The predicted molar refractivity (Wildman–Crippen MR) is 158 cm³/mol. The normalized spacial score (nSPS) is 20.1. The van der Waals surface area contributed by atoms with Gasteiger partial charge in [0, 0.05) is 26.4 Å². The molecule has 2 aliphatic heterocycles. The number of thioether (sulfide) groups is 1. The lowest BCUT2D eigenvalue weighted by Crippen LogP contribution is -2.32. The molecule has 15 heteroatoms. The molecule has 41 heavy (non-hydrogen) atoms. The number of nitrogens with one attached hydrogen (secondary N) is 1. The van der Waals surface area contributed by atoms with E-state index in [0.29, 0.717) is 26.3 Å². The fourth-order valence-electron chi connectivity index (χ4n) is 4.95. The summed E-state index contributed by atoms with van der Waals surface area (Å²) in [6.45, 7) is -0.341. The lowest BCUT2D eigenvalue weighted by atomic mass is 9.87. The van der Waals surface area contributed by atoms with Crippen molar-refractivity contribution in [2.24, 2.45) is 11.1 Å². The fourth-order valence-corrected chi connectivity index (χ4v) is 9.31. The van der Waals surface area contributed by atoms with Crippen molar-refractivity contribution in [3.8, 4) is 0 Å². The average Bonchev–Trinajstić information content (AvgIpc) is 3.62. The number of thiazole rings is 1. The third kappa shape index (κ3) is 5.04. The lowest BCUT2D eigenvalue weighted by molar-refractivity contribution is -0.122. The topological polar surface area (TPSA) is 149 Å². The first-order valence-corrected chi connectivity index (χ1v) is 16.5. The Balaban J connectivity index is 1.33. The summed E-state index contributed by atoms with van der Waals surface area (Å²) in [5.74, 6) is -2.54. The molecule has 2 aromatic heterocycles. The number of carbonyl (C=O) groups is 3. The molecule has 3 N–H and O–H groups in total. The molecule has 0 spiro atoms. The largest absolute Gasteiger partial charge is 0.325 e. The monoisotopic (exact) mass is 646 g/mol. The van der Waals surface area contributed by atoms with Crippen molar-refractivity contribution in [1.82, 2.24) is 4.57 Å². The number of hydrogen-bond acceptors (Lipinski definition) is 9. The molecule has 2 aliphatic rings. The van der Waals surface area contributed by atoms with Crippen molar-refractivity contribution in [3.05, 3.63) is 90.5 Å². The molecule has 10 nitrogen and oxygen atoms in total. The van der Waals surface area contributed by atoms with E-state index in [0.717, 1.165) is 28.0 Å². The standard InChI is InChI=1S/C26H19ClN4O6S4/c27-13-3-7-15(8-4-13)31-23(33)20-19(17-2-1-11-38-17)22-25(39-21(20)24(31)34)30(26(35)40-22)12-18(32)29-14-5-9-16(10-6-14)41(28,36)37/h1-11,19-21H,12H2,(H,29,32)(H2,28,36,37)/t19-,20?,21?/m1/s1. The van der Waals surface area contributed by atoms with Crippen LogP contribution in [0.1, 0.15) is 15.7 Å². The number of nitrogens with two attached hydrogens (primary N) is 1. The molecule has 6 rings (SSSR count). The average molecular weight is 647 g/mol. The highest BCUT2D eigenvalue weighted by Crippen LogP contribution is 2.54. The van der Waals surface area contributed by atoms with E-state index in [-0.39, 0.29) is 17.3 Å². The van der Waals surface area contributed by atoms with Crippen LogP contribution in [0.2, 0.25) is 5.02 Å². The molecule has 4 heterocycles. The zero-order valence-corrected chi connectivity index (χ0v) is 24.7. The number of amides is 3. The summed E-state index contributed by atoms with van der Waals surface area (Å²) in [5, 5.41) is 9.79. The van der Waals surface area contributed by atoms with Gasteiger partial charge in [-0.1, -0.05) is 40.8 Å². The van der Waals surface area contributed by atoms with E-state index in [4.69, 9.17) is 16.7 Å². The van der Waals surface area contributed by atoms with Gasteiger partial charge < -0.3 is 5.32 Å². The van der Waals surface area contributed by atoms with Gasteiger partial charge in [-0.05, 0) is 60.0 Å². The van der Waals surface area contributed by atoms with Gasteiger partial charge in [0.2, 0.25) is 27.7 Å². The minimum atomic E-state index is -3.89. The maximum Gasteiger partial charge on any atom is 0.308 e. The van der Waals surface area contributed by atoms with Crippen molar-refractivity contribution in [3.63, 3.8) is 0 Å². The number of carbonyl (C=O) groups excluding carboxylic acids is 3. The van der Waals surface area contributed by atoms with Crippen LogP contribution >= 0.6 is 46.0 Å². The second kappa shape index (κ2) is 10.5. The third-order valence-electron chi connectivity index (χ3n) is 6.75. The third-order valence-corrected chi connectivity index (χ3v) is 11.5. The van der Waals surface area contributed by atoms with E-state index in [1.807, 2.05) is 17.5 Å². The van der Waals surface area contributed by atoms with Crippen LogP contribution < -0.4 is 20.2 Å². The number of fused-ring (bicyclic) bond motifs is 2. The Morgan fingerprint density at radius 1 is 1.00 bits per heavy atom. The highest BCUT2D eigenvalue weighted by atomic mass is 35.5. The summed E-state index contributed by atoms with van der Waals surface area (Å²) in [7, 11) is -3.89. The molecule has 3 amide bonds. The van der Waals surface area contributed by atoms with Gasteiger partial charge >= 0.3 is 4.87 Å². The number of benzene rings is 2. The second-order valence-corrected chi connectivity index (χ2v) is 14.4. The number of aromatic nitrogens is 1. The quantitative estimate of drug-likeness (QED) is 0.303. The number of hydrogen-bond donors (Lipinski definition) is 2. The molecule has 4 aromatic rings. The van der Waals surface area contributed by atoms with Crippen LogP contribution in [0.15, 0.2) is 80.8 Å². The van der Waals surface area contributed by atoms with Crippen molar-refractivity contribution in [2.45, 2.75) is 27.6 Å². The molecule has 1 saturated heterocycles. The summed E-state index contributed by atoms with van der Waals surface area (Å²) in [5.41, 5.74) is 0.733. The number of anilines is 2. The van der Waals surface area contributed by atoms with Gasteiger partial charge in [0.1, 0.15) is 11.8 Å². The number of primary sulfonamides is 1. The Morgan fingerprint density at radius 2 is 1.71 bits per heavy atom. The summed E-state index contributed by atoms with van der Waals surface area (Å²) in [6, 6.07) is 15.5. The van der Waals surface area contributed by atoms with E-state index in [1.54, 1.807) is 24.3 Å².